The van der Waals surface area contributed by atoms with Gasteiger partial charge in [0.15, 0.2) is 0 Å². The molecular formula is C14H12F2N4. The summed E-state index contributed by atoms with van der Waals surface area (Å²) in [5.74, 6) is -1.69. The molecule has 0 saturated heterocycles. The molecule has 1 fully saturated rings. The van der Waals surface area contributed by atoms with Crippen molar-refractivity contribution in [1.82, 2.24) is 19.2 Å². The van der Waals surface area contributed by atoms with Gasteiger partial charge in [-0.15, -0.1) is 0 Å². The number of rotatable bonds is 2. The van der Waals surface area contributed by atoms with Gasteiger partial charge in [-0.3, -0.25) is 4.68 Å². The van der Waals surface area contributed by atoms with E-state index in [1.807, 2.05) is 29.7 Å². The normalized spacial score (nSPS) is 20.4. The van der Waals surface area contributed by atoms with E-state index in [0.717, 1.165) is 16.9 Å². The first kappa shape index (κ1) is 11.6. The first-order valence-electron chi connectivity index (χ1n) is 6.42. The van der Waals surface area contributed by atoms with Crippen molar-refractivity contribution >= 4 is 5.52 Å². The molecule has 0 amide bonds. The highest BCUT2D eigenvalue weighted by Gasteiger charge is 2.59. The largest absolute Gasteiger partial charge is 0.304 e. The van der Waals surface area contributed by atoms with Gasteiger partial charge in [-0.2, -0.15) is 5.10 Å². The number of aryl methyl sites for hydroxylation is 1. The summed E-state index contributed by atoms with van der Waals surface area (Å²) in [6.07, 6.45) is 5.20. The minimum atomic E-state index is -2.60. The lowest BCUT2D eigenvalue weighted by atomic mass is 10.2. The third-order valence-corrected chi connectivity index (χ3v) is 3.73. The summed E-state index contributed by atoms with van der Waals surface area (Å²) in [6.45, 7) is 1.93. The first-order valence-corrected chi connectivity index (χ1v) is 6.42. The highest BCUT2D eigenvalue weighted by molar-refractivity contribution is 5.65. The summed E-state index contributed by atoms with van der Waals surface area (Å²) in [7, 11) is 0. The van der Waals surface area contributed by atoms with E-state index in [2.05, 4.69) is 10.1 Å². The smallest absolute Gasteiger partial charge is 0.272 e. The SMILES string of the molecule is Cc1ncc2cc(-c3ccn(C4CC4(F)F)n3)ccn12. The maximum Gasteiger partial charge on any atom is 0.272 e. The Hall–Kier alpha value is -2.24. The number of aromatic nitrogens is 4. The zero-order valence-electron chi connectivity index (χ0n) is 10.8. The van der Waals surface area contributed by atoms with Crippen LogP contribution < -0.4 is 0 Å². The second-order valence-corrected chi connectivity index (χ2v) is 5.18. The van der Waals surface area contributed by atoms with E-state index in [-0.39, 0.29) is 6.42 Å². The second kappa shape index (κ2) is 3.65. The molecule has 1 saturated carbocycles. The summed E-state index contributed by atoms with van der Waals surface area (Å²) in [4.78, 5) is 4.23. The van der Waals surface area contributed by atoms with Crippen LogP contribution in [0.25, 0.3) is 16.8 Å². The molecule has 3 aromatic heterocycles. The molecular weight excluding hydrogens is 262 g/mol. The Bertz CT molecular complexity index is 802. The second-order valence-electron chi connectivity index (χ2n) is 5.18. The zero-order valence-corrected chi connectivity index (χ0v) is 10.8. The van der Waals surface area contributed by atoms with Gasteiger partial charge in [-0.25, -0.2) is 13.8 Å². The highest BCUT2D eigenvalue weighted by atomic mass is 19.3. The monoisotopic (exact) mass is 274 g/mol. The topological polar surface area (TPSA) is 35.1 Å². The molecule has 3 heterocycles. The fourth-order valence-corrected chi connectivity index (χ4v) is 2.44. The van der Waals surface area contributed by atoms with Gasteiger partial charge in [-0.05, 0) is 25.1 Å². The maximum atomic E-state index is 13.0. The number of nitrogens with zero attached hydrogens (tertiary/aromatic N) is 4. The summed E-state index contributed by atoms with van der Waals surface area (Å²) in [5, 5.41) is 4.26. The lowest BCUT2D eigenvalue weighted by molar-refractivity contribution is 0.0984. The van der Waals surface area contributed by atoms with E-state index in [1.165, 1.54) is 4.68 Å². The van der Waals surface area contributed by atoms with Crippen LogP contribution in [-0.4, -0.2) is 25.1 Å². The summed E-state index contributed by atoms with van der Waals surface area (Å²) in [5.41, 5.74) is 2.57. The average molecular weight is 274 g/mol. The van der Waals surface area contributed by atoms with E-state index >= 15 is 0 Å². The van der Waals surface area contributed by atoms with Crippen LogP contribution in [-0.2, 0) is 0 Å². The van der Waals surface area contributed by atoms with Crippen LogP contribution >= 0.6 is 0 Å². The van der Waals surface area contributed by atoms with Crippen LogP contribution in [0.3, 0.4) is 0 Å². The van der Waals surface area contributed by atoms with Crippen molar-refractivity contribution in [2.24, 2.45) is 0 Å². The molecule has 1 unspecified atom stereocenters. The molecule has 1 aliphatic rings. The number of hydrogen-bond donors (Lipinski definition) is 0. The molecule has 6 heteroatoms. The van der Waals surface area contributed by atoms with Crippen LogP contribution in [0.1, 0.15) is 18.3 Å². The standard InChI is InChI=1S/C14H12F2N4/c1-9-17-8-11-6-10(2-4-19(9)11)12-3-5-20(18-12)13-7-14(13,15)16/h2-6,8,13H,7H2,1H3. The predicted octanol–water partition coefficient (Wildman–Crippen LogP) is 3.09. The van der Waals surface area contributed by atoms with Crippen molar-refractivity contribution in [3.8, 4) is 11.3 Å². The quantitative estimate of drug-likeness (QED) is 0.719. The molecule has 20 heavy (non-hydrogen) atoms. The Morgan fingerprint density at radius 3 is 2.85 bits per heavy atom. The van der Waals surface area contributed by atoms with E-state index < -0.39 is 12.0 Å². The maximum absolute atomic E-state index is 13.0. The molecule has 1 atom stereocenters. The molecule has 1 aliphatic carbocycles. The minimum Gasteiger partial charge on any atom is -0.304 e. The Kier molecular flexibility index (Phi) is 2.11. The molecule has 4 rings (SSSR count). The van der Waals surface area contributed by atoms with E-state index in [1.54, 1.807) is 18.5 Å². The molecule has 102 valence electrons. The van der Waals surface area contributed by atoms with Crippen molar-refractivity contribution in [2.45, 2.75) is 25.3 Å². The number of fused-ring (bicyclic) bond motifs is 1. The Morgan fingerprint density at radius 1 is 1.30 bits per heavy atom. The fourth-order valence-electron chi connectivity index (χ4n) is 2.44. The number of alkyl halides is 2. The molecule has 0 bridgehead atoms. The van der Waals surface area contributed by atoms with Gasteiger partial charge in [-0.1, -0.05) is 0 Å². The van der Waals surface area contributed by atoms with Crippen molar-refractivity contribution in [3.63, 3.8) is 0 Å². The Labute approximate surface area is 113 Å². The number of hydrogen-bond acceptors (Lipinski definition) is 2. The lowest BCUT2D eigenvalue weighted by Crippen LogP contribution is -2.02. The average Bonchev–Trinajstić information content (AvgIpc) is 2.84. The fraction of sp³-hybridized carbons (Fsp3) is 0.286. The van der Waals surface area contributed by atoms with E-state index in [4.69, 9.17) is 0 Å². The van der Waals surface area contributed by atoms with Crippen molar-refractivity contribution < 1.29 is 8.78 Å². The highest BCUT2D eigenvalue weighted by Crippen LogP contribution is 2.52. The van der Waals surface area contributed by atoms with E-state index in [0.29, 0.717) is 5.69 Å². The van der Waals surface area contributed by atoms with Gasteiger partial charge in [0.2, 0.25) is 0 Å². The van der Waals surface area contributed by atoms with Gasteiger partial charge in [0, 0.05) is 24.4 Å². The zero-order chi connectivity index (χ0) is 13.9. The van der Waals surface area contributed by atoms with Gasteiger partial charge in [0.05, 0.1) is 17.4 Å². The number of imidazole rings is 1. The molecule has 0 aliphatic heterocycles. The third kappa shape index (κ3) is 1.64. The van der Waals surface area contributed by atoms with Crippen molar-refractivity contribution in [2.75, 3.05) is 0 Å². The lowest BCUT2D eigenvalue weighted by Gasteiger charge is -2.01. The summed E-state index contributed by atoms with van der Waals surface area (Å²) in [6, 6.07) is 4.86. The summed E-state index contributed by atoms with van der Waals surface area (Å²) >= 11 is 0. The van der Waals surface area contributed by atoms with Gasteiger partial charge in [0.25, 0.3) is 5.92 Å². The number of halogens is 2. The minimum absolute atomic E-state index is 0.116. The van der Waals surface area contributed by atoms with Crippen LogP contribution in [0.2, 0.25) is 0 Å². The van der Waals surface area contributed by atoms with Gasteiger partial charge < -0.3 is 4.40 Å². The van der Waals surface area contributed by atoms with Crippen LogP contribution in [0, 0.1) is 6.92 Å². The molecule has 0 radical (unpaired) electrons. The van der Waals surface area contributed by atoms with Crippen molar-refractivity contribution in [3.05, 3.63) is 42.6 Å². The van der Waals surface area contributed by atoms with Crippen LogP contribution in [0.15, 0.2) is 36.8 Å². The van der Waals surface area contributed by atoms with Gasteiger partial charge in [0.1, 0.15) is 11.9 Å². The van der Waals surface area contributed by atoms with Crippen LogP contribution in [0.5, 0.6) is 0 Å². The molecule has 0 aromatic carbocycles. The Morgan fingerprint density at radius 2 is 2.10 bits per heavy atom. The predicted molar refractivity (Wildman–Crippen MR) is 69.8 cm³/mol. The van der Waals surface area contributed by atoms with Crippen LogP contribution in [0.4, 0.5) is 8.78 Å². The molecule has 3 aromatic rings. The third-order valence-electron chi connectivity index (χ3n) is 3.73. The Balaban J connectivity index is 1.72. The molecule has 0 spiro atoms. The summed E-state index contributed by atoms with van der Waals surface area (Å²) < 4.78 is 29.4. The van der Waals surface area contributed by atoms with E-state index in [9.17, 15) is 8.78 Å². The van der Waals surface area contributed by atoms with Crippen molar-refractivity contribution in [1.29, 1.82) is 0 Å². The molecule has 0 N–H and O–H groups in total. The first-order chi connectivity index (χ1) is 9.54. The van der Waals surface area contributed by atoms with Gasteiger partial charge >= 0.3 is 0 Å². The number of pyridine rings is 1. The molecule has 4 nitrogen and oxygen atoms in total.